The molecule has 4 rings (SSSR count). The van der Waals surface area contributed by atoms with Gasteiger partial charge in [-0.3, -0.25) is 19.5 Å². The Hall–Kier alpha value is -4.39. The highest BCUT2D eigenvalue weighted by molar-refractivity contribution is 6.11. The fourth-order valence-corrected chi connectivity index (χ4v) is 3.30. The minimum absolute atomic E-state index is 0.104. The van der Waals surface area contributed by atoms with Crippen LogP contribution in [0.3, 0.4) is 0 Å². The number of nitrogens with one attached hydrogen (secondary N) is 1. The zero-order valence-corrected chi connectivity index (χ0v) is 16.9. The third-order valence-electron chi connectivity index (χ3n) is 4.77. The van der Waals surface area contributed by atoms with E-state index in [0.29, 0.717) is 16.9 Å². The summed E-state index contributed by atoms with van der Waals surface area (Å²) in [5.41, 5.74) is 1.64. The van der Waals surface area contributed by atoms with Gasteiger partial charge in [-0.25, -0.2) is 9.37 Å². The van der Waals surface area contributed by atoms with Gasteiger partial charge in [0.05, 0.1) is 6.20 Å². The number of para-hydroxylation sites is 1. The molecule has 0 aliphatic carbocycles. The molecule has 0 aliphatic rings. The number of carbonyl (C=O) groups is 2. The van der Waals surface area contributed by atoms with Crippen molar-refractivity contribution in [2.24, 2.45) is 0 Å². The molecule has 6 nitrogen and oxygen atoms in total. The van der Waals surface area contributed by atoms with Crippen LogP contribution in [0.5, 0.6) is 0 Å². The van der Waals surface area contributed by atoms with Crippen molar-refractivity contribution in [3.05, 3.63) is 121 Å². The molecule has 1 heterocycles. The fraction of sp³-hybridized carbons (Fsp3) is 0.0400. The van der Waals surface area contributed by atoms with Crippen LogP contribution >= 0.6 is 0 Å². The minimum Gasteiger partial charge on any atom is -0.324 e. The molecule has 2 amide bonds. The van der Waals surface area contributed by atoms with Gasteiger partial charge in [-0.05, 0) is 42.0 Å². The Morgan fingerprint density at radius 1 is 0.844 bits per heavy atom. The van der Waals surface area contributed by atoms with E-state index in [2.05, 4.69) is 15.3 Å². The van der Waals surface area contributed by atoms with Crippen molar-refractivity contribution < 1.29 is 14.0 Å². The van der Waals surface area contributed by atoms with Crippen LogP contribution in [0.4, 0.5) is 15.8 Å². The standard InChI is InChI=1S/C25H19FN4O2/c26-19-11-13-20(14-12-19)29-24(31)23(18-7-3-1-4-8-18)30(21-9-5-2-6-10-21)25(32)22-17-27-15-16-28-22/h1-17,23H,(H,29,31)/t23-/m1/s1. The van der Waals surface area contributed by atoms with Gasteiger partial charge in [0, 0.05) is 23.8 Å². The summed E-state index contributed by atoms with van der Waals surface area (Å²) < 4.78 is 13.3. The molecule has 1 aromatic heterocycles. The molecule has 3 aromatic carbocycles. The zero-order chi connectivity index (χ0) is 22.3. The van der Waals surface area contributed by atoms with Crippen LogP contribution in [-0.4, -0.2) is 21.8 Å². The van der Waals surface area contributed by atoms with E-state index < -0.39 is 23.7 Å². The molecule has 158 valence electrons. The lowest BCUT2D eigenvalue weighted by atomic mass is 10.0. The van der Waals surface area contributed by atoms with Crippen LogP contribution in [0.25, 0.3) is 0 Å². The van der Waals surface area contributed by atoms with E-state index >= 15 is 0 Å². The molecule has 0 saturated heterocycles. The van der Waals surface area contributed by atoms with E-state index in [1.807, 2.05) is 12.1 Å². The van der Waals surface area contributed by atoms with E-state index in [1.165, 1.54) is 47.8 Å². The average molecular weight is 426 g/mol. The molecule has 0 saturated carbocycles. The van der Waals surface area contributed by atoms with Crippen LogP contribution in [0.2, 0.25) is 0 Å². The van der Waals surface area contributed by atoms with Crippen LogP contribution in [0.15, 0.2) is 104 Å². The first-order chi connectivity index (χ1) is 15.6. The van der Waals surface area contributed by atoms with Gasteiger partial charge in [0.15, 0.2) is 0 Å². The Morgan fingerprint density at radius 2 is 1.50 bits per heavy atom. The molecule has 1 atom stereocenters. The van der Waals surface area contributed by atoms with Crippen LogP contribution in [-0.2, 0) is 4.79 Å². The number of amides is 2. The highest BCUT2D eigenvalue weighted by Crippen LogP contribution is 2.30. The van der Waals surface area contributed by atoms with E-state index in [4.69, 9.17) is 0 Å². The number of carbonyl (C=O) groups excluding carboxylic acids is 2. The van der Waals surface area contributed by atoms with Gasteiger partial charge in [-0.1, -0.05) is 48.5 Å². The molecule has 0 radical (unpaired) electrons. The Morgan fingerprint density at radius 3 is 2.12 bits per heavy atom. The normalized spacial score (nSPS) is 11.4. The first-order valence-corrected chi connectivity index (χ1v) is 9.89. The minimum atomic E-state index is -1.02. The Labute approximate surface area is 184 Å². The van der Waals surface area contributed by atoms with E-state index in [0.717, 1.165) is 0 Å². The molecule has 0 bridgehead atoms. The average Bonchev–Trinajstić information content (AvgIpc) is 2.85. The molecular weight excluding hydrogens is 407 g/mol. The smallest absolute Gasteiger partial charge is 0.279 e. The predicted molar refractivity (Wildman–Crippen MR) is 119 cm³/mol. The van der Waals surface area contributed by atoms with Crippen molar-refractivity contribution in [2.75, 3.05) is 10.2 Å². The quantitative estimate of drug-likeness (QED) is 0.487. The maximum Gasteiger partial charge on any atom is 0.279 e. The summed E-state index contributed by atoms with van der Waals surface area (Å²) in [5, 5.41) is 2.79. The molecule has 0 aliphatic heterocycles. The van der Waals surface area contributed by atoms with Crippen molar-refractivity contribution in [3.8, 4) is 0 Å². The number of hydrogen-bond acceptors (Lipinski definition) is 4. The van der Waals surface area contributed by atoms with Gasteiger partial charge in [0.25, 0.3) is 11.8 Å². The van der Waals surface area contributed by atoms with E-state index in [1.54, 1.807) is 48.5 Å². The summed E-state index contributed by atoms with van der Waals surface area (Å²) in [6, 6.07) is 22.3. The molecule has 32 heavy (non-hydrogen) atoms. The third kappa shape index (κ3) is 4.67. The maximum absolute atomic E-state index is 13.6. The molecule has 4 aromatic rings. The summed E-state index contributed by atoms with van der Waals surface area (Å²) in [4.78, 5) is 36.6. The van der Waals surface area contributed by atoms with Crippen LogP contribution in [0, 0.1) is 5.82 Å². The van der Waals surface area contributed by atoms with Crippen molar-refractivity contribution >= 4 is 23.2 Å². The van der Waals surface area contributed by atoms with Gasteiger partial charge in [-0.2, -0.15) is 0 Å². The first-order valence-electron chi connectivity index (χ1n) is 9.89. The largest absolute Gasteiger partial charge is 0.324 e. The van der Waals surface area contributed by atoms with E-state index in [9.17, 15) is 14.0 Å². The van der Waals surface area contributed by atoms with Crippen molar-refractivity contribution in [1.82, 2.24) is 9.97 Å². The van der Waals surface area contributed by atoms with Gasteiger partial charge in [-0.15, -0.1) is 0 Å². The molecule has 1 N–H and O–H groups in total. The zero-order valence-electron chi connectivity index (χ0n) is 16.9. The van der Waals surface area contributed by atoms with Crippen LogP contribution < -0.4 is 10.2 Å². The number of anilines is 2. The second kappa shape index (κ2) is 9.61. The molecular formula is C25H19FN4O2. The van der Waals surface area contributed by atoms with Crippen molar-refractivity contribution in [1.29, 1.82) is 0 Å². The van der Waals surface area contributed by atoms with E-state index in [-0.39, 0.29) is 5.69 Å². The highest BCUT2D eigenvalue weighted by Gasteiger charge is 2.34. The SMILES string of the molecule is O=C(Nc1ccc(F)cc1)[C@@H](c1ccccc1)N(C(=O)c1cnccn1)c1ccccc1. The number of hydrogen-bond donors (Lipinski definition) is 1. The summed E-state index contributed by atoms with van der Waals surface area (Å²) in [6.07, 6.45) is 4.25. The molecule has 7 heteroatoms. The number of nitrogens with zero attached hydrogens (tertiary/aromatic N) is 3. The lowest BCUT2D eigenvalue weighted by Gasteiger charge is -2.31. The van der Waals surface area contributed by atoms with Gasteiger partial charge < -0.3 is 5.32 Å². The number of benzene rings is 3. The molecule has 0 fully saturated rings. The summed E-state index contributed by atoms with van der Waals surface area (Å²) in [5.74, 6) is -1.34. The van der Waals surface area contributed by atoms with Crippen LogP contribution in [0.1, 0.15) is 22.1 Å². The monoisotopic (exact) mass is 426 g/mol. The van der Waals surface area contributed by atoms with Crippen molar-refractivity contribution in [3.63, 3.8) is 0 Å². The number of rotatable bonds is 6. The fourth-order valence-electron chi connectivity index (χ4n) is 3.30. The summed E-state index contributed by atoms with van der Waals surface area (Å²) >= 11 is 0. The lowest BCUT2D eigenvalue weighted by Crippen LogP contribution is -2.42. The first kappa shape index (κ1) is 20.9. The van der Waals surface area contributed by atoms with Gasteiger partial charge in [0.1, 0.15) is 17.6 Å². The maximum atomic E-state index is 13.6. The number of aromatic nitrogens is 2. The highest BCUT2D eigenvalue weighted by atomic mass is 19.1. The Balaban J connectivity index is 1.80. The molecule has 0 spiro atoms. The summed E-state index contributed by atoms with van der Waals surface area (Å²) in [6.45, 7) is 0. The lowest BCUT2D eigenvalue weighted by molar-refractivity contribution is -0.117. The second-order valence-electron chi connectivity index (χ2n) is 6.91. The Kier molecular flexibility index (Phi) is 6.27. The van der Waals surface area contributed by atoms with Crippen molar-refractivity contribution in [2.45, 2.75) is 6.04 Å². The third-order valence-corrected chi connectivity index (χ3v) is 4.77. The number of halogens is 1. The predicted octanol–water partition coefficient (Wildman–Crippen LogP) is 4.64. The second-order valence-corrected chi connectivity index (χ2v) is 6.91. The Bertz CT molecular complexity index is 1190. The van der Waals surface area contributed by atoms with Gasteiger partial charge >= 0.3 is 0 Å². The topological polar surface area (TPSA) is 75.2 Å². The summed E-state index contributed by atoms with van der Waals surface area (Å²) in [7, 11) is 0. The van der Waals surface area contributed by atoms with Gasteiger partial charge in [0.2, 0.25) is 0 Å². The molecule has 0 unspecified atom stereocenters.